The van der Waals surface area contributed by atoms with Gasteiger partial charge in [-0.05, 0) is 26.0 Å². The summed E-state index contributed by atoms with van der Waals surface area (Å²) in [6.07, 6.45) is 1.41. The van der Waals surface area contributed by atoms with Crippen molar-refractivity contribution >= 4 is 23.2 Å². The van der Waals surface area contributed by atoms with Crippen molar-refractivity contribution in [3.63, 3.8) is 0 Å². The second kappa shape index (κ2) is 5.29. The van der Waals surface area contributed by atoms with Crippen LogP contribution in [0.25, 0.3) is 16.9 Å². The van der Waals surface area contributed by atoms with Gasteiger partial charge >= 0.3 is 0 Å². The van der Waals surface area contributed by atoms with Crippen molar-refractivity contribution in [3.05, 3.63) is 41.1 Å². The number of rotatable bonds is 3. The summed E-state index contributed by atoms with van der Waals surface area (Å²) in [5, 5.41) is 7.67. The predicted octanol–water partition coefficient (Wildman–Crippen LogP) is 3.32. The van der Waals surface area contributed by atoms with E-state index in [9.17, 15) is 4.39 Å². The minimum Gasteiger partial charge on any atom is -0.370 e. The van der Waals surface area contributed by atoms with Gasteiger partial charge in [0.1, 0.15) is 18.0 Å². The molecule has 1 aromatic carbocycles. The molecule has 0 radical (unpaired) electrons. The molecule has 0 fully saturated rings. The Morgan fingerprint density at radius 3 is 2.86 bits per heavy atom. The van der Waals surface area contributed by atoms with E-state index >= 15 is 0 Å². The molecule has 3 rings (SSSR count). The van der Waals surface area contributed by atoms with Gasteiger partial charge < -0.3 is 5.32 Å². The Bertz CT molecular complexity index is 794. The quantitative estimate of drug-likeness (QED) is 0.806. The number of anilines is 1. The van der Waals surface area contributed by atoms with Gasteiger partial charge in [-0.25, -0.2) is 9.37 Å². The van der Waals surface area contributed by atoms with Crippen LogP contribution in [0.2, 0.25) is 5.02 Å². The van der Waals surface area contributed by atoms with Crippen LogP contribution in [0.1, 0.15) is 12.6 Å². The van der Waals surface area contributed by atoms with Gasteiger partial charge in [0.05, 0.1) is 16.3 Å². The second-order valence-corrected chi connectivity index (χ2v) is 4.93. The summed E-state index contributed by atoms with van der Waals surface area (Å²) in [5.74, 6) is 0.690. The van der Waals surface area contributed by atoms with E-state index < -0.39 is 5.82 Å². The van der Waals surface area contributed by atoms with Gasteiger partial charge in [0, 0.05) is 12.1 Å². The van der Waals surface area contributed by atoms with E-state index in [1.165, 1.54) is 12.4 Å². The molecule has 0 saturated carbocycles. The largest absolute Gasteiger partial charge is 0.370 e. The highest BCUT2D eigenvalue weighted by molar-refractivity contribution is 6.33. The first-order chi connectivity index (χ1) is 10.1. The van der Waals surface area contributed by atoms with Crippen molar-refractivity contribution < 1.29 is 4.39 Å². The van der Waals surface area contributed by atoms with Crippen LogP contribution in [0.15, 0.2) is 24.5 Å². The summed E-state index contributed by atoms with van der Waals surface area (Å²) in [7, 11) is 0. The highest BCUT2D eigenvalue weighted by Gasteiger charge is 2.20. The van der Waals surface area contributed by atoms with Crippen molar-refractivity contribution in [2.45, 2.75) is 13.8 Å². The molecule has 3 aromatic rings. The zero-order valence-electron chi connectivity index (χ0n) is 11.6. The Hall–Kier alpha value is -2.21. The molecule has 0 bridgehead atoms. The number of fused-ring (bicyclic) bond motifs is 1. The lowest BCUT2D eigenvalue weighted by atomic mass is 10.0. The highest BCUT2D eigenvalue weighted by Crippen LogP contribution is 2.37. The third-order valence-corrected chi connectivity index (χ3v) is 3.48. The molecule has 0 saturated heterocycles. The van der Waals surface area contributed by atoms with Crippen LogP contribution < -0.4 is 5.32 Å². The average molecular weight is 306 g/mol. The van der Waals surface area contributed by atoms with Gasteiger partial charge in [-0.2, -0.15) is 14.6 Å². The fourth-order valence-electron chi connectivity index (χ4n) is 2.32. The Morgan fingerprint density at radius 1 is 1.33 bits per heavy atom. The monoisotopic (exact) mass is 305 g/mol. The zero-order chi connectivity index (χ0) is 15.0. The van der Waals surface area contributed by atoms with Gasteiger partial charge in [0.25, 0.3) is 5.78 Å². The SMILES string of the molecule is CCNc1c(-c2c(F)cccc2Cl)c(C)nc2ncnn12. The minimum absolute atomic E-state index is 0.317. The Labute approximate surface area is 125 Å². The van der Waals surface area contributed by atoms with Crippen LogP contribution in [-0.2, 0) is 0 Å². The van der Waals surface area contributed by atoms with Gasteiger partial charge in [-0.3, -0.25) is 0 Å². The molecule has 2 heterocycles. The van der Waals surface area contributed by atoms with E-state index in [1.54, 1.807) is 23.6 Å². The first-order valence-electron chi connectivity index (χ1n) is 6.52. The molecule has 0 aliphatic rings. The minimum atomic E-state index is -0.397. The first-order valence-corrected chi connectivity index (χ1v) is 6.90. The molecule has 0 spiro atoms. The Kier molecular flexibility index (Phi) is 3.47. The van der Waals surface area contributed by atoms with Crippen LogP contribution in [0.4, 0.5) is 10.2 Å². The Balaban J connectivity index is 2.40. The van der Waals surface area contributed by atoms with E-state index in [4.69, 9.17) is 11.6 Å². The van der Waals surface area contributed by atoms with Gasteiger partial charge in [0.2, 0.25) is 0 Å². The summed E-state index contributed by atoms with van der Waals surface area (Å²) in [6, 6.07) is 4.60. The van der Waals surface area contributed by atoms with Gasteiger partial charge in [0.15, 0.2) is 0 Å². The fourth-order valence-corrected chi connectivity index (χ4v) is 2.58. The lowest BCUT2D eigenvalue weighted by Crippen LogP contribution is -2.10. The number of aromatic nitrogens is 4. The molecule has 0 amide bonds. The molecule has 0 aliphatic carbocycles. The fraction of sp³-hybridized carbons (Fsp3) is 0.214. The summed E-state index contributed by atoms with van der Waals surface area (Å²) in [5.41, 5.74) is 1.55. The van der Waals surface area contributed by atoms with Gasteiger partial charge in [-0.15, -0.1) is 0 Å². The maximum Gasteiger partial charge on any atom is 0.254 e. The molecule has 2 aromatic heterocycles. The average Bonchev–Trinajstić information content (AvgIpc) is 2.89. The highest BCUT2D eigenvalue weighted by atomic mass is 35.5. The summed E-state index contributed by atoms with van der Waals surface area (Å²) in [6.45, 7) is 4.40. The number of halogens is 2. The van der Waals surface area contributed by atoms with Crippen molar-refractivity contribution in [2.75, 3.05) is 11.9 Å². The number of aryl methyl sites for hydroxylation is 1. The second-order valence-electron chi connectivity index (χ2n) is 4.52. The maximum atomic E-state index is 14.3. The molecular weight excluding hydrogens is 293 g/mol. The lowest BCUT2D eigenvalue weighted by Gasteiger charge is -2.16. The number of hydrogen-bond donors (Lipinski definition) is 1. The van der Waals surface area contributed by atoms with Crippen molar-refractivity contribution in [2.24, 2.45) is 0 Å². The molecule has 0 aliphatic heterocycles. The van der Waals surface area contributed by atoms with Crippen LogP contribution >= 0.6 is 11.6 Å². The van der Waals surface area contributed by atoms with Crippen LogP contribution in [0.5, 0.6) is 0 Å². The van der Waals surface area contributed by atoms with E-state index in [1.807, 2.05) is 6.92 Å². The summed E-state index contributed by atoms with van der Waals surface area (Å²) < 4.78 is 15.8. The lowest BCUT2D eigenvalue weighted by molar-refractivity contribution is 0.631. The number of nitrogens with zero attached hydrogens (tertiary/aromatic N) is 4. The molecule has 5 nitrogen and oxygen atoms in total. The van der Waals surface area contributed by atoms with E-state index in [2.05, 4.69) is 20.4 Å². The molecule has 108 valence electrons. The molecular formula is C14H13ClFN5. The van der Waals surface area contributed by atoms with Crippen LogP contribution in [0.3, 0.4) is 0 Å². The predicted molar refractivity (Wildman–Crippen MR) is 80.1 cm³/mol. The molecule has 7 heteroatoms. The van der Waals surface area contributed by atoms with Crippen molar-refractivity contribution in [3.8, 4) is 11.1 Å². The zero-order valence-corrected chi connectivity index (χ0v) is 12.3. The number of hydrogen-bond acceptors (Lipinski definition) is 4. The molecule has 21 heavy (non-hydrogen) atoms. The van der Waals surface area contributed by atoms with Crippen LogP contribution in [-0.4, -0.2) is 26.1 Å². The normalized spacial score (nSPS) is 11.0. The first kappa shape index (κ1) is 13.8. The van der Waals surface area contributed by atoms with Gasteiger partial charge in [-0.1, -0.05) is 17.7 Å². The number of nitrogens with one attached hydrogen (secondary N) is 1. The molecule has 0 unspecified atom stereocenters. The van der Waals surface area contributed by atoms with E-state index in [0.717, 1.165) is 0 Å². The van der Waals surface area contributed by atoms with Crippen molar-refractivity contribution in [1.29, 1.82) is 0 Å². The van der Waals surface area contributed by atoms with Crippen LogP contribution in [0, 0.1) is 12.7 Å². The summed E-state index contributed by atoms with van der Waals surface area (Å²) in [4.78, 5) is 8.44. The molecule has 0 atom stereocenters. The Morgan fingerprint density at radius 2 is 2.14 bits per heavy atom. The third-order valence-electron chi connectivity index (χ3n) is 3.16. The van der Waals surface area contributed by atoms with Crippen molar-refractivity contribution in [1.82, 2.24) is 19.6 Å². The molecule has 1 N–H and O–H groups in total. The third kappa shape index (κ3) is 2.21. The maximum absolute atomic E-state index is 14.3. The summed E-state index contributed by atoms with van der Waals surface area (Å²) >= 11 is 6.19. The standard InChI is InChI=1S/C14H13ClFN5/c1-3-17-13-11(12-9(15)5-4-6-10(12)16)8(2)20-14-18-7-19-21(13)14/h4-7,17H,3H2,1-2H3. The van der Waals surface area contributed by atoms with E-state index in [-0.39, 0.29) is 0 Å². The van der Waals surface area contributed by atoms with E-state index in [0.29, 0.717) is 40.0 Å². The topological polar surface area (TPSA) is 55.1 Å². The number of benzene rings is 1. The smallest absolute Gasteiger partial charge is 0.254 e.